The Morgan fingerprint density at radius 1 is 1.26 bits per heavy atom. The quantitative estimate of drug-likeness (QED) is 0.876. The van der Waals surface area contributed by atoms with Crippen molar-refractivity contribution in [3.8, 4) is 0 Å². The van der Waals surface area contributed by atoms with Crippen molar-refractivity contribution in [2.45, 2.75) is 37.8 Å². The lowest BCUT2D eigenvalue weighted by atomic mass is 9.87. The van der Waals surface area contributed by atoms with Gasteiger partial charge in [-0.1, -0.05) is 30.7 Å². The highest BCUT2D eigenvalue weighted by Gasteiger charge is 2.35. The van der Waals surface area contributed by atoms with E-state index in [1.54, 1.807) is 0 Å². The number of aliphatic hydroxyl groups excluding tert-OH is 1. The molecule has 0 unspecified atom stereocenters. The van der Waals surface area contributed by atoms with Crippen LogP contribution in [0, 0.1) is 5.92 Å². The molecule has 2 aliphatic rings. The minimum absolute atomic E-state index is 0.193. The average Bonchev–Trinajstić information content (AvgIpc) is 2.61. The van der Waals surface area contributed by atoms with E-state index in [1.807, 2.05) is 24.3 Å². The topological polar surface area (TPSA) is 66.4 Å². The maximum absolute atomic E-state index is 12.1. The molecule has 4 nitrogen and oxygen atoms in total. The highest BCUT2D eigenvalue weighted by molar-refractivity contribution is 7.89. The maximum atomic E-state index is 12.1. The van der Waals surface area contributed by atoms with Crippen LogP contribution in [0.2, 0.25) is 0 Å². The number of fused-ring (bicyclic) bond motifs is 1. The van der Waals surface area contributed by atoms with E-state index in [4.69, 9.17) is 0 Å². The van der Waals surface area contributed by atoms with Gasteiger partial charge in [0.25, 0.3) is 0 Å². The van der Waals surface area contributed by atoms with Crippen molar-refractivity contribution in [2.24, 2.45) is 5.92 Å². The van der Waals surface area contributed by atoms with Crippen molar-refractivity contribution in [1.82, 2.24) is 4.72 Å². The van der Waals surface area contributed by atoms with E-state index in [0.717, 1.165) is 30.4 Å². The molecule has 0 bridgehead atoms. The summed E-state index contributed by atoms with van der Waals surface area (Å²) in [4.78, 5) is 0. The lowest BCUT2D eigenvalue weighted by molar-refractivity contribution is 0.151. The number of hydrogen-bond donors (Lipinski definition) is 2. The monoisotopic (exact) mass is 281 g/mol. The normalized spacial score (nSPS) is 27.0. The van der Waals surface area contributed by atoms with Gasteiger partial charge in [-0.3, -0.25) is 0 Å². The summed E-state index contributed by atoms with van der Waals surface area (Å²) in [6, 6.07) is 7.14. The van der Waals surface area contributed by atoms with E-state index in [9.17, 15) is 13.5 Å². The second-order valence-corrected chi connectivity index (χ2v) is 7.44. The molecule has 0 amide bonds. The zero-order chi connectivity index (χ0) is 13.5. The fourth-order valence-corrected chi connectivity index (χ4v) is 4.65. The Morgan fingerprint density at radius 2 is 2.00 bits per heavy atom. The molecule has 2 aliphatic carbocycles. The summed E-state index contributed by atoms with van der Waals surface area (Å²) >= 11 is 0. The van der Waals surface area contributed by atoms with Gasteiger partial charge < -0.3 is 5.11 Å². The smallest absolute Gasteiger partial charge is 0.212 e. The molecular weight excluding hydrogens is 262 g/mol. The van der Waals surface area contributed by atoms with Crippen LogP contribution in [0.4, 0.5) is 0 Å². The van der Waals surface area contributed by atoms with Crippen molar-refractivity contribution >= 4 is 10.0 Å². The van der Waals surface area contributed by atoms with Crippen LogP contribution in [0.25, 0.3) is 0 Å². The molecule has 1 aromatic rings. The first-order chi connectivity index (χ1) is 9.05. The minimum atomic E-state index is -3.31. The molecule has 1 fully saturated rings. The first-order valence-electron chi connectivity index (χ1n) is 6.81. The Balaban J connectivity index is 1.75. The predicted molar refractivity (Wildman–Crippen MR) is 73.2 cm³/mol. The third-order valence-corrected chi connectivity index (χ3v) is 5.71. The van der Waals surface area contributed by atoms with Gasteiger partial charge in [-0.15, -0.1) is 0 Å². The van der Waals surface area contributed by atoms with Gasteiger partial charge >= 0.3 is 0 Å². The third-order valence-electron chi connectivity index (χ3n) is 4.19. The van der Waals surface area contributed by atoms with Gasteiger partial charge in [0.05, 0.1) is 17.9 Å². The molecule has 0 spiro atoms. The zero-order valence-corrected chi connectivity index (χ0v) is 11.6. The van der Waals surface area contributed by atoms with Crippen molar-refractivity contribution in [3.05, 3.63) is 35.4 Å². The summed E-state index contributed by atoms with van der Waals surface area (Å²) in [6.45, 7) is 0. The number of nitrogens with one attached hydrogen (secondary N) is 1. The lowest BCUT2D eigenvalue weighted by Crippen LogP contribution is -2.38. The van der Waals surface area contributed by atoms with Gasteiger partial charge in [-0.05, 0) is 29.9 Å². The van der Waals surface area contributed by atoms with Crippen LogP contribution >= 0.6 is 0 Å². The molecule has 19 heavy (non-hydrogen) atoms. The van der Waals surface area contributed by atoms with Gasteiger partial charge in [0, 0.05) is 6.42 Å². The zero-order valence-electron chi connectivity index (χ0n) is 10.7. The first kappa shape index (κ1) is 13.1. The van der Waals surface area contributed by atoms with Crippen molar-refractivity contribution < 1.29 is 13.5 Å². The lowest BCUT2D eigenvalue weighted by Gasteiger charge is -2.26. The van der Waals surface area contributed by atoms with Gasteiger partial charge in [0.1, 0.15) is 0 Å². The van der Waals surface area contributed by atoms with Gasteiger partial charge in [-0.2, -0.15) is 0 Å². The summed E-state index contributed by atoms with van der Waals surface area (Å²) in [7, 11) is -3.31. The van der Waals surface area contributed by atoms with Crippen molar-refractivity contribution in [2.75, 3.05) is 5.75 Å². The average molecular weight is 281 g/mol. The van der Waals surface area contributed by atoms with Crippen LogP contribution < -0.4 is 4.72 Å². The fraction of sp³-hybridized carbons (Fsp3) is 0.571. The molecule has 0 aliphatic heterocycles. The van der Waals surface area contributed by atoms with Crippen LogP contribution in [0.5, 0.6) is 0 Å². The van der Waals surface area contributed by atoms with Crippen LogP contribution in [-0.2, 0) is 16.4 Å². The molecule has 1 saturated carbocycles. The Hall–Kier alpha value is -0.910. The number of sulfonamides is 1. The Labute approximate surface area is 113 Å². The van der Waals surface area contributed by atoms with Crippen LogP contribution in [0.1, 0.15) is 36.4 Å². The van der Waals surface area contributed by atoms with Crippen molar-refractivity contribution in [1.29, 1.82) is 0 Å². The summed E-state index contributed by atoms with van der Waals surface area (Å²) in [5.41, 5.74) is 1.94. The standard InChI is InChI=1S/C14H19NO3S/c16-13-8-11-6-1-2-7-12(11)14(13)15-19(17,18)9-10-4-3-5-10/h1-2,6-7,10,13-16H,3-5,8-9H2/t13-,14+/m1/s1. The second-order valence-electron chi connectivity index (χ2n) is 5.64. The number of aliphatic hydroxyl groups is 1. The van der Waals surface area contributed by atoms with Gasteiger partial charge in [0.2, 0.25) is 10.0 Å². The van der Waals surface area contributed by atoms with Crippen molar-refractivity contribution in [3.63, 3.8) is 0 Å². The van der Waals surface area contributed by atoms with E-state index in [-0.39, 0.29) is 5.75 Å². The number of benzene rings is 1. The van der Waals surface area contributed by atoms with E-state index < -0.39 is 22.2 Å². The molecule has 5 heteroatoms. The molecular formula is C14H19NO3S. The predicted octanol–water partition coefficient (Wildman–Crippen LogP) is 1.36. The molecule has 104 valence electrons. The van der Waals surface area contributed by atoms with E-state index in [1.165, 1.54) is 0 Å². The molecule has 0 radical (unpaired) electrons. The summed E-state index contributed by atoms with van der Waals surface area (Å²) in [5.74, 6) is 0.490. The van der Waals surface area contributed by atoms with Gasteiger partial charge in [0.15, 0.2) is 0 Å². The second kappa shape index (κ2) is 4.89. The number of rotatable bonds is 4. The molecule has 1 aromatic carbocycles. The SMILES string of the molecule is O=S(=O)(CC1CCC1)N[C@H]1c2ccccc2C[C@H]1O. The summed E-state index contributed by atoms with van der Waals surface area (Å²) in [6.07, 6.45) is 3.01. The van der Waals surface area contributed by atoms with Crippen LogP contribution in [0.3, 0.4) is 0 Å². The molecule has 3 rings (SSSR count). The summed E-state index contributed by atoms with van der Waals surface area (Å²) < 4.78 is 26.9. The Kier molecular flexibility index (Phi) is 3.37. The highest BCUT2D eigenvalue weighted by atomic mass is 32.2. The molecule has 0 heterocycles. The maximum Gasteiger partial charge on any atom is 0.212 e. The highest BCUT2D eigenvalue weighted by Crippen LogP contribution is 2.33. The van der Waals surface area contributed by atoms with E-state index >= 15 is 0 Å². The minimum Gasteiger partial charge on any atom is -0.391 e. The molecule has 0 aromatic heterocycles. The van der Waals surface area contributed by atoms with Crippen LogP contribution in [0.15, 0.2) is 24.3 Å². The van der Waals surface area contributed by atoms with Crippen LogP contribution in [-0.4, -0.2) is 25.4 Å². The first-order valence-corrected chi connectivity index (χ1v) is 8.46. The third kappa shape index (κ3) is 2.68. The number of hydrogen-bond acceptors (Lipinski definition) is 3. The molecule has 2 atom stereocenters. The Morgan fingerprint density at radius 3 is 2.68 bits per heavy atom. The Bertz CT molecular complexity index is 566. The van der Waals surface area contributed by atoms with E-state index in [2.05, 4.69) is 4.72 Å². The van der Waals surface area contributed by atoms with Gasteiger partial charge in [-0.25, -0.2) is 13.1 Å². The van der Waals surface area contributed by atoms with E-state index in [0.29, 0.717) is 12.3 Å². The fourth-order valence-electron chi connectivity index (χ4n) is 2.93. The largest absolute Gasteiger partial charge is 0.391 e. The summed E-state index contributed by atoms with van der Waals surface area (Å²) in [5, 5.41) is 10.1. The molecule has 0 saturated heterocycles. The molecule has 2 N–H and O–H groups in total.